The van der Waals surface area contributed by atoms with Crippen LogP contribution in [-0.2, 0) is 0 Å². The standard InChI is InChI=1S/C13H11NS2/c1-2-10-14-16-13-9-8-12(15-13)11-6-4-3-5-7-11/h1,3-9,14H,10H2. The molecule has 1 nitrogen and oxygen atoms in total. The highest BCUT2D eigenvalue weighted by Crippen LogP contribution is 2.32. The molecule has 16 heavy (non-hydrogen) atoms. The lowest BCUT2D eigenvalue weighted by Crippen LogP contribution is -2.00. The third-order valence-electron chi connectivity index (χ3n) is 1.99. The Labute approximate surface area is 104 Å². The van der Waals surface area contributed by atoms with Crippen LogP contribution in [0.3, 0.4) is 0 Å². The molecule has 0 spiro atoms. The predicted octanol–water partition coefficient (Wildman–Crippen LogP) is 3.65. The Kier molecular flexibility index (Phi) is 4.06. The predicted molar refractivity (Wildman–Crippen MR) is 72.4 cm³/mol. The third kappa shape index (κ3) is 2.89. The molecule has 0 amide bonds. The molecule has 1 aromatic carbocycles. The van der Waals surface area contributed by atoms with Gasteiger partial charge in [0.15, 0.2) is 0 Å². The van der Waals surface area contributed by atoms with Gasteiger partial charge in [-0.1, -0.05) is 36.3 Å². The van der Waals surface area contributed by atoms with Crippen molar-refractivity contribution in [1.29, 1.82) is 0 Å². The average molecular weight is 245 g/mol. The molecule has 0 aliphatic carbocycles. The summed E-state index contributed by atoms with van der Waals surface area (Å²) in [5, 5.41) is 0. The van der Waals surface area contributed by atoms with Crippen LogP contribution >= 0.6 is 23.3 Å². The fourth-order valence-corrected chi connectivity index (χ4v) is 3.07. The van der Waals surface area contributed by atoms with Gasteiger partial charge in [0.05, 0.1) is 10.8 Å². The molecule has 80 valence electrons. The number of hydrogen-bond acceptors (Lipinski definition) is 3. The monoisotopic (exact) mass is 245 g/mol. The van der Waals surface area contributed by atoms with Crippen molar-refractivity contribution >= 4 is 23.3 Å². The molecular formula is C13H11NS2. The summed E-state index contributed by atoms with van der Waals surface area (Å²) in [6.07, 6.45) is 5.17. The number of benzene rings is 1. The van der Waals surface area contributed by atoms with Crippen LogP contribution in [0.5, 0.6) is 0 Å². The van der Waals surface area contributed by atoms with Crippen LogP contribution in [0.4, 0.5) is 0 Å². The lowest BCUT2D eigenvalue weighted by molar-refractivity contribution is 1.16. The highest BCUT2D eigenvalue weighted by Gasteiger charge is 2.02. The van der Waals surface area contributed by atoms with Gasteiger partial charge in [-0.25, -0.2) is 4.72 Å². The number of nitrogens with one attached hydrogen (secondary N) is 1. The highest BCUT2D eigenvalue weighted by molar-refractivity contribution is 7.99. The van der Waals surface area contributed by atoms with Crippen LogP contribution in [0.2, 0.25) is 0 Å². The van der Waals surface area contributed by atoms with Crippen molar-refractivity contribution in [3.8, 4) is 22.8 Å². The third-order valence-corrected chi connectivity index (χ3v) is 4.04. The van der Waals surface area contributed by atoms with Crippen molar-refractivity contribution in [2.75, 3.05) is 6.54 Å². The van der Waals surface area contributed by atoms with Gasteiger partial charge in [0.2, 0.25) is 0 Å². The minimum absolute atomic E-state index is 0.587. The van der Waals surface area contributed by atoms with Gasteiger partial charge in [-0.2, -0.15) is 0 Å². The summed E-state index contributed by atoms with van der Waals surface area (Å²) in [6, 6.07) is 14.6. The molecule has 1 N–H and O–H groups in total. The molecule has 0 fully saturated rings. The minimum atomic E-state index is 0.587. The van der Waals surface area contributed by atoms with Gasteiger partial charge in [0.1, 0.15) is 0 Å². The van der Waals surface area contributed by atoms with Gasteiger partial charge in [0.25, 0.3) is 0 Å². The smallest absolute Gasteiger partial charge is 0.0758 e. The van der Waals surface area contributed by atoms with Crippen molar-refractivity contribution in [2.24, 2.45) is 0 Å². The van der Waals surface area contributed by atoms with Gasteiger partial charge in [-0.3, -0.25) is 0 Å². The quantitative estimate of drug-likeness (QED) is 0.501. The van der Waals surface area contributed by atoms with Gasteiger partial charge in [-0.15, -0.1) is 17.8 Å². The fourth-order valence-electron chi connectivity index (χ4n) is 1.28. The van der Waals surface area contributed by atoms with E-state index in [1.165, 1.54) is 14.6 Å². The number of rotatable bonds is 4. The molecule has 0 unspecified atom stereocenters. The summed E-state index contributed by atoms with van der Waals surface area (Å²) >= 11 is 3.35. The summed E-state index contributed by atoms with van der Waals surface area (Å²) in [5.74, 6) is 2.55. The molecule has 0 bridgehead atoms. The van der Waals surface area contributed by atoms with E-state index < -0.39 is 0 Å². The van der Waals surface area contributed by atoms with Crippen LogP contribution in [0, 0.1) is 12.3 Å². The van der Waals surface area contributed by atoms with Crippen molar-refractivity contribution in [1.82, 2.24) is 4.72 Å². The maximum Gasteiger partial charge on any atom is 0.0758 e. The number of terminal acetylenes is 1. The second-order valence-corrected chi connectivity index (χ2v) is 5.39. The van der Waals surface area contributed by atoms with Crippen molar-refractivity contribution in [2.45, 2.75) is 4.21 Å². The maximum atomic E-state index is 5.17. The van der Waals surface area contributed by atoms with Crippen LogP contribution in [0.1, 0.15) is 0 Å². The summed E-state index contributed by atoms with van der Waals surface area (Å²) in [4.78, 5) is 1.28. The Morgan fingerprint density at radius 2 is 2.00 bits per heavy atom. The van der Waals surface area contributed by atoms with E-state index in [1.54, 1.807) is 23.3 Å². The maximum absolute atomic E-state index is 5.17. The lowest BCUT2D eigenvalue weighted by atomic mass is 10.2. The van der Waals surface area contributed by atoms with E-state index in [0.717, 1.165) is 0 Å². The van der Waals surface area contributed by atoms with Crippen molar-refractivity contribution < 1.29 is 0 Å². The molecule has 3 heteroatoms. The second kappa shape index (κ2) is 5.76. The first-order chi connectivity index (χ1) is 7.90. The zero-order chi connectivity index (χ0) is 11.2. The van der Waals surface area contributed by atoms with E-state index in [9.17, 15) is 0 Å². The Balaban J connectivity index is 2.06. The Hall–Kier alpha value is -1.21. The average Bonchev–Trinajstić information content (AvgIpc) is 2.79. The Bertz CT molecular complexity index is 482. The van der Waals surface area contributed by atoms with E-state index in [-0.39, 0.29) is 0 Å². The van der Waals surface area contributed by atoms with Crippen LogP contribution in [-0.4, -0.2) is 6.54 Å². The molecule has 2 rings (SSSR count). The van der Waals surface area contributed by atoms with E-state index >= 15 is 0 Å². The molecule has 0 saturated carbocycles. The first-order valence-electron chi connectivity index (χ1n) is 4.88. The molecule has 1 heterocycles. The number of hydrogen-bond donors (Lipinski definition) is 1. The molecule has 0 radical (unpaired) electrons. The van der Waals surface area contributed by atoms with Gasteiger partial charge >= 0.3 is 0 Å². The summed E-state index contributed by atoms with van der Waals surface area (Å²) < 4.78 is 4.34. The highest BCUT2D eigenvalue weighted by atomic mass is 32.2. The zero-order valence-electron chi connectivity index (χ0n) is 8.64. The second-order valence-electron chi connectivity index (χ2n) is 3.11. The van der Waals surface area contributed by atoms with Crippen molar-refractivity contribution in [3.05, 3.63) is 42.5 Å². The Morgan fingerprint density at radius 3 is 2.75 bits per heavy atom. The van der Waals surface area contributed by atoms with E-state index in [1.807, 2.05) is 6.07 Å². The molecular weight excluding hydrogens is 234 g/mol. The first-order valence-corrected chi connectivity index (χ1v) is 6.52. The lowest BCUT2D eigenvalue weighted by Gasteiger charge is -1.96. The summed E-state index contributed by atoms with van der Waals surface area (Å²) in [5.41, 5.74) is 1.26. The van der Waals surface area contributed by atoms with E-state index in [2.05, 4.69) is 47.0 Å². The van der Waals surface area contributed by atoms with Crippen LogP contribution in [0.15, 0.2) is 46.7 Å². The number of thiophene rings is 1. The Morgan fingerprint density at radius 1 is 1.19 bits per heavy atom. The molecule has 0 saturated heterocycles. The largest absolute Gasteiger partial charge is 0.247 e. The summed E-state index contributed by atoms with van der Waals surface area (Å²) in [7, 11) is 0. The minimum Gasteiger partial charge on any atom is -0.247 e. The molecule has 0 aliphatic rings. The van der Waals surface area contributed by atoms with E-state index in [4.69, 9.17) is 6.42 Å². The molecule has 0 aliphatic heterocycles. The topological polar surface area (TPSA) is 12.0 Å². The van der Waals surface area contributed by atoms with Crippen molar-refractivity contribution in [3.63, 3.8) is 0 Å². The van der Waals surface area contributed by atoms with Crippen LogP contribution in [0.25, 0.3) is 10.4 Å². The molecule has 2 aromatic rings. The molecule has 0 atom stereocenters. The first kappa shape index (κ1) is 11.3. The zero-order valence-corrected chi connectivity index (χ0v) is 10.3. The SMILES string of the molecule is C#CCNSc1ccc(-c2ccccc2)s1. The fraction of sp³-hybridized carbons (Fsp3) is 0.0769. The molecule has 1 aromatic heterocycles. The van der Waals surface area contributed by atoms with Gasteiger partial charge in [-0.05, 0) is 29.6 Å². The van der Waals surface area contributed by atoms with Gasteiger partial charge < -0.3 is 0 Å². The van der Waals surface area contributed by atoms with E-state index in [0.29, 0.717) is 6.54 Å². The van der Waals surface area contributed by atoms with Gasteiger partial charge in [0, 0.05) is 4.88 Å². The summed E-state index contributed by atoms with van der Waals surface area (Å²) in [6.45, 7) is 0.587. The normalized spacial score (nSPS) is 9.94. The van der Waals surface area contributed by atoms with Crippen LogP contribution < -0.4 is 4.72 Å².